The molecule has 1 aromatic heterocycles. The molecule has 2 N–H and O–H groups in total. The second-order valence-electron chi connectivity index (χ2n) is 6.31. The van der Waals surface area contributed by atoms with Crippen LogP contribution in [0.4, 0.5) is 5.82 Å². The third-order valence-electron chi connectivity index (χ3n) is 4.39. The topological polar surface area (TPSA) is 72.5 Å². The molecule has 0 aliphatic carbocycles. The lowest BCUT2D eigenvalue weighted by Crippen LogP contribution is -2.26. The van der Waals surface area contributed by atoms with E-state index in [1.165, 1.54) is 0 Å². The van der Waals surface area contributed by atoms with E-state index < -0.39 is 0 Å². The molecule has 0 radical (unpaired) electrons. The second kappa shape index (κ2) is 9.20. The summed E-state index contributed by atoms with van der Waals surface area (Å²) >= 11 is 0. The second-order valence-corrected chi connectivity index (χ2v) is 6.31. The van der Waals surface area contributed by atoms with E-state index >= 15 is 0 Å². The Hall–Kier alpha value is -2.60. The number of pyridine rings is 1. The first kappa shape index (κ1) is 18.2. The first-order valence-electron chi connectivity index (χ1n) is 8.97. The molecule has 0 bridgehead atoms. The first-order chi connectivity index (χ1) is 12.7. The monoisotopic (exact) mass is 355 g/mol. The number of anilines is 1. The molecule has 1 aromatic carbocycles. The van der Waals surface area contributed by atoms with E-state index in [4.69, 9.17) is 9.47 Å². The molecule has 6 nitrogen and oxygen atoms in total. The van der Waals surface area contributed by atoms with Gasteiger partial charge in [0.2, 0.25) is 0 Å². The fourth-order valence-corrected chi connectivity index (χ4v) is 2.91. The largest absolute Gasteiger partial charge is 0.497 e. The molecule has 1 amide bonds. The smallest absolute Gasteiger partial charge is 0.252 e. The van der Waals surface area contributed by atoms with Gasteiger partial charge in [-0.1, -0.05) is 12.1 Å². The maximum atomic E-state index is 12.2. The van der Waals surface area contributed by atoms with Gasteiger partial charge in [0, 0.05) is 25.9 Å². The van der Waals surface area contributed by atoms with Gasteiger partial charge >= 0.3 is 0 Å². The standard InChI is InChI=1S/C20H25N3O3/c1-25-17-5-2-4-15(12-17)9-10-21-20(24)16-7-8-19(22-13-16)23-14-18-6-3-11-26-18/h2,4-5,7-8,12-13,18H,3,6,9-11,14H2,1H3,(H,21,24)(H,22,23). The molecule has 1 aliphatic rings. The Morgan fingerprint density at radius 1 is 1.35 bits per heavy atom. The fraction of sp³-hybridized carbons (Fsp3) is 0.400. The number of methoxy groups -OCH3 is 1. The van der Waals surface area contributed by atoms with Crippen LogP contribution in [0.1, 0.15) is 28.8 Å². The van der Waals surface area contributed by atoms with Gasteiger partial charge in [-0.15, -0.1) is 0 Å². The minimum absolute atomic E-state index is 0.119. The highest BCUT2D eigenvalue weighted by molar-refractivity contribution is 5.94. The van der Waals surface area contributed by atoms with E-state index in [1.54, 1.807) is 19.4 Å². The van der Waals surface area contributed by atoms with Crippen molar-refractivity contribution in [2.75, 3.05) is 32.1 Å². The van der Waals surface area contributed by atoms with Crippen LogP contribution in [-0.4, -0.2) is 43.8 Å². The van der Waals surface area contributed by atoms with Crippen LogP contribution in [0, 0.1) is 0 Å². The zero-order chi connectivity index (χ0) is 18.2. The Morgan fingerprint density at radius 2 is 2.27 bits per heavy atom. The predicted octanol–water partition coefficient (Wildman–Crippen LogP) is 2.65. The molecule has 1 fully saturated rings. The molecule has 1 saturated heterocycles. The highest BCUT2D eigenvalue weighted by Gasteiger charge is 2.15. The van der Waals surface area contributed by atoms with Crippen molar-refractivity contribution in [1.29, 1.82) is 0 Å². The summed E-state index contributed by atoms with van der Waals surface area (Å²) in [4.78, 5) is 16.5. The molecular formula is C20H25N3O3. The maximum absolute atomic E-state index is 12.2. The van der Waals surface area contributed by atoms with Gasteiger partial charge in [-0.3, -0.25) is 4.79 Å². The van der Waals surface area contributed by atoms with Crippen LogP contribution in [0.5, 0.6) is 5.75 Å². The Balaban J connectivity index is 1.43. The number of nitrogens with zero attached hydrogens (tertiary/aromatic N) is 1. The number of nitrogens with one attached hydrogen (secondary N) is 2. The lowest BCUT2D eigenvalue weighted by molar-refractivity contribution is 0.0953. The summed E-state index contributed by atoms with van der Waals surface area (Å²) in [5.41, 5.74) is 1.68. The van der Waals surface area contributed by atoms with Crippen molar-refractivity contribution >= 4 is 11.7 Å². The van der Waals surface area contributed by atoms with Crippen LogP contribution >= 0.6 is 0 Å². The van der Waals surface area contributed by atoms with E-state index in [0.29, 0.717) is 12.1 Å². The normalized spacial score (nSPS) is 16.3. The van der Waals surface area contributed by atoms with Crippen LogP contribution in [0.2, 0.25) is 0 Å². The van der Waals surface area contributed by atoms with E-state index in [-0.39, 0.29) is 12.0 Å². The molecule has 0 saturated carbocycles. The zero-order valence-corrected chi connectivity index (χ0v) is 15.0. The number of amides is 1. The summed E-state index contributed by atoms with van der Waals surface area (Å²) in [6.07, 6.45) is 4.81. The number of ether oxygens (including phenoxy) is 2. The van der Waals surface area contributed by atoms with E-state index in [0.717, 1.165) is 49.5 Å². The fourth-order valence-electron chi connectivity index (χ4n) is 2.91. The molecule has 0 spiro atoms. The van der Waals surface area contributed by atoms with Crippen LogP contribution in [0.15, 0.2) is 42.6 Å². The average Bonchev–Trinajstić information content (AvgIpc) is 3.20. The summed E-state index contributed by atoms with van der Waals surface area (Å²) in [6.45, 7) is 2.15. The minimum atomic E-state index is -0.119. The predicted molar refractivity (Wildman–Crippen MR) is 101 cm³/mol. The molecule has 138 valence electrons. The lowest BCUT2D eigenvalue weighted by atomic mass is 10.1. The minimum Gasteiger partial charge on any atom is -0.497 e. The lowest BCUT2D eigenvalue weighted by Gasteiger charge is -2.11. The van der Waals surface area contributed by atoms with Gasteiger partial charge in [-0.25, -0.2) is 4.98 Å². The summed E-state index contributed by atoms with van der Waals surface area (Å²) in [5, 5.41) is 6.17. The molecule has 1 aliphatic heterocycles. The van der Waals surface area contributed by atoms with Crippen molar-refractivity contribution < 1.29 is 14.3 Å². The van der Waals surface area contributed by atoms with Gasteiger partial charge in [0.15, 0.2) is 0 Å². The Bertz CT molecular complexity index is 712. The van der Waals surface area contributed by atoms with Crippen molar-refractivity contribution in [3.8, 4) is 5.75 Å². The zero-order valence-electron chi connectivity index (χ0n) is 15.0. The Morgan fingerprint density at radius 3 is 3.00 bits per heavy atom. The Kier molecular flexibility index (Phi) is 6.44. The van der Waals surface area contributed by atoms with E-state index in [9.17, 15) is 4.79 Å². The first-order valence-corrected chi connectivity index (χ1v) is 8.97. The number of benzene rings is 1. The van der Waals surface area contributed by atoms with Gasteiger partial charge in [0.05, 0.1) is 18.8 Å². The quantitative estimate of drug-likeness (QED) is 0.762. The van der Waals surface area contributed by atoms with Crippen LogP contribution in [-0.2, 0) is 11.2 Å². The van der Waals surface area contributed by atoms with Crippen molar-refractivity contribution in [3.63, 3.8) is 0 Å². The third-order valence-corrected chi connectivity index (χ3v) is 4.39. The van der Waals surface area contributed by atoms with Crippen molar-refractivity contribution in [1.82, 2.24) is 10.3 Å². The third kappa shape index (κ3) is 5.20. The molecule has 1 unspecified atom stereocenters. The van der Waals surface area contributed by atoms with Gasteiger partial charge in [0.25, 0.3) is 5.91 Å². The van der Waals surface area contributed by atoms with E-state index in [1.807, 2.05) is 30.3 Å². The Labute approximate surface area is 153 Å². The van der Waals surface area contributed by atoms with Gasteiger partial charge in [-0.2, -0.15) is 0 Å². The SMILES string of the molecule is COc1cccc(CCNC(=O)c2ccc(NCC3CCCO3)nc2)c1. The average molecular weight is 355 g/mol. The summed E-state index contributed by atoms with van der Waals surface area (Å²) < 4.78 is 10.8. The number of hydrogen-bond acceptors (Lipinski definition) is 5. The molecule has 1 atom stereocenters. The molecule has 6 heteroatoms. The molecular weight excluding hydrogens is 330 g/mol. The summed E-state index contributed by atoms with van der Waals surface area (Å²) in [7, 11) is 1.65. The van der Waals surface area contributed by atoms with Crippen LogP contribution < -0.4 is 15.4 Å². The molecule has 2 aromatic rings. The van der Waals surface area contributed by atoms with Crippen molar-refractivity contribution in [3.05, 3.63) is 53.7 Å². The van der Waals surface area contributed by atoms with Crippen molar-refractivity contribution in [2.45, 2.75) is 25.4 Å². The van der Waals surface area contributed by atoms with E-state index in [2.05, 4.69) is 15.6 Å². The van der Waals surface area contributed by atoms with Gasteiger partial charge in [0.1, 0.15) is 11.6 Å². The number of carbonyl (C=O) groups is 1. The highest BCUT2D eigenvalue weighted by atomic mass is 16.5. The highest BCUT2D eigenvalue weighted by Crippen LogP contribution is 2.14. The number of aromatic nitrogens is 1. The summed E-state index contributed by atoms with van der Waals surface area (Å²) in [5.74, 6) is 1.46. The van der Waals surface area contributed by atoms with Crippen LogP contribution in [0.25, 0.3) is 0 Å². The number of carbonyl (C=O) groups excluding carboxylic acids is 1. The summed E-state index contributed by atoms with van der Waals surface area (Å²) in [6, 6.07) is 11.5. The molecule has 3 rings (SSSR count). The van der Waals surface area contributed by atoms with Crippen LogP contribution in [0.3, 0.4) is 0 Å². The molecule has 26 heavy (non-hydrogen) atoms. The number of hydrogen-bond donors (Lipinski definition) is 2. The van der Waals surface area contributed by atoms with Gasteiger partial charge < -0.3 is 20.1 Å². The number of rotatable bonds is 8. The van der Waals surface area contributed by atoms with Crippen molar-refractivity contribution in [2.24, 2.45) is 0 Å². The van der Waals surface area contributed by atoms with Gasteiger partial charge in [-0.05, 0) is 49.1 Å². The maximum Gasteiger partial charge on any atom is 0.252 e. The molecule has 2 heterocycles.